The summed E-state index contributed by atoms with van der Waals surface area (Å²) in [5, 5.41) is 0. The van der Waals surface area contributed by atoms with Crippen LogP contribution in [-0.4, -0.2) is 55.5 Å². The first-order valence-corrected chi connectivity index (χ1v) is 7.64. The first-order chi connectivity index (χ1) is 7.33. The predicted molar refractivity (Wildman–Crippen MR) is 57.2 cm³/mol. The molecular formula is C4H12AlO10P2+2. The number of phosphoric acid groups is 1. The van der Waals surface area contributed by atoms with Crippen molar-refractivity contribution in [1.82, 2.24) is 0 Å². The lowest BCUT2D eigenvalue weighted by atomic mass is 10.4. The zero-order chi connectivity index (χ0) is 14.3. The van der Waals surface area contributed by atoms with Gasteiger partial charge in [-0.15, -0.1) is 0 Å². The summed E-state index contributed by atoms with van der Waals surface area (Å²) in [7, 11) is -8.86. The highest BCUT2D eigenvalue weighted by Gasteiger charge is 2.19. The second kappa shape index (κ2) is 8.13. The summed E-state index contributed by atoms with van der Waals surface area (Å²) >= 11 is -1.36. The predicted octanol–water partition coefficient (Wildman–Crippen LogP) is -1.26. The smallest absolute Gasteiger partial charge is 0.620 e. The molecule has 17 heavy (non-hydrogen) atoms. The first kappa shape index (κ1) is 19.3. The van der Waals surface area contributed by atoms with Crippen molar-refractivity contribution in [1.29, 1.82) is 0 Å². The number of carbonyl (C=O) groups excluding carboxylic acids is 1. The largest absolute Gasteiger partial charge is 0.783 e. The fraction of sp³-hybridized carbons (Fsp3) is 0.250. The molecule has 0 heterocycles. The van der Waals surface area contributed by atoms with Gasteiger partial charge >= 0.3 is 37.3 Å². The highest BCUT2D eigenvalue weighted by atomic mass is 31.2. The van der Waals surface area contributed by atoms with E-state index >= 15 is 0 Å². The van der Waals surface area contributed by atoms with Crippen molar-refractivity contribution in [3.63, 3.8) is 0 Å². The third-order valence-corrected chi connectivity index (χ3v) is 2.60. The lowest BCUT2D eigenvalue weighted by molar-refractivity contribution is 0.265. The third kappa shape index (κ3) is 25.9. The Balaban J connectivity index is 0. The Bertz CT molecular complexity index is 345. The molecule has 7 N–H and O–H groups in total. The normalized spacial score (nSPS) is 10.9. The molecule has 0 aliphatic rings. The van der Waals surface area contributed by atoms with Crippen LogP contribution in [-0.2, 0) is 11.9 Å². The maximum atomic E-state index is 10.1. The molecule has 0 aliphatic carbocycles. The molecular weight excluding hydrogens is 297 g/mol. The highest BCUT2D eigenvalue weighted by molar-refractivity contribution is 7.47. The molecule has 0 bridgehead atoms. The van der Waals surface area contributed by atoms with Crippen molar-refractivity contribution in [2.75, 3.05) is 0 Å². The molecule has 0 amide bonds. The number of ketones is 1. The summed E-state index contributed by atoms with van der Waals surface area (Å²) in [4.78, 5) is 47.0. The number of rotatable bonds is 5. The van der Waals surface area contributed by atoms with Crippen molar-refractivity contribution >= 4 is 37.3 Å². The third-order valence-electron chi connectivity index (χ3n) is 0.774. The second-order valence-electron chi connectivity index (χ2n) is 2.36. The van der Waals surface area contributed by atoms with E-state index < -0.39 is 31.5 Å². The van der Waals surface area contributed by atoms with E-state index in [4.69, 9.17) is 33.8 Å². The molecule has 0 fully saturated rings. The van der Waals surface area contributed by atoms with Gasteiger partial charge in [0.2, 0.25) is 0 Å². The minimum absolute atomic E-state index is 0.0570. The van der Waals surface area contributed by atoms with Crippen LogP contribution >= 0.6 is 15.6 Å². The Kier molecular flexibility index (Phi) is 9.24. The van der Waals surface area contributed by atoms with Crippen LogP contribution < -0.4 is 0 Å². The topological polar surface area (TPSA) is 179 Å². The van der Waals surface area contributed by atoms with E-state index in [0.717, 1.165) is 0 Å². The summed E-state index contributed by atoms with van der Waals surface area (Å²) in [6.45, 7) is 4.58. The zero-order valence-electron chi connectivity index (χ0n) is 8.53. The second-order valence-corrected chi connectivity index (χ2v) is 5.68. The molecule has 1 radical (unpaired) electrons. The van der Waals surface area contributed by atoms with Crippen molar-refractivity contribution in [3.8, 4) is 0 Å². The summed E-state index contributed by atoms with van der Waals surface area (Å²) in [5.74, 6) is -0.213. The summed E-state index contributed by atoms with van der Waals surface area (Å²) in [6.07, 6.45) is 0. The van der Waals surface area contributed by atoms with Crippen molar-refractivity contribution in [2.45, 2.75) is 6.92 Å². The van der Waals surface area contributed by atoms with Crippen LogP contribution in [0.3, 0.4) is 0 Å². The van der Waals surface area contributed by atoms with Crippen LogP contribution in [0.5, 0.6) is 0 Å². The van der Waals surface area contributed by atoms with Crippen molar-refractivity contribution in [2.24, 2.45) is 0 Å². The van der Waals surface area contributed by atoms with Gasteiger partial charge in [-0.05, 0) is 0 Å². The summed E-state index contributed by atoms with van der Waals surface area (Å²) < 4.78 is 26.0. The van der Waals surface area contributed by atoms with Crippen LogP contribution in [0.15, 0.2) is 12.3 Å². The zero-order valence-corrected chi connectivity index (χ0v) is 11.5. The van der Waals surface area contributed by atoms with E-state index in [1.165, 1.54) is 6.92 Å². The molecule has 0 aromatic heterocycles. The molecule has 0 saturated heterocycles. The van der Waals surface area contributed by atoms with Crippen LogP contribution in [0.25, 0.3) is 0 Å². The van der Waals surface area contributed by atoms with Gasteiger partial charge in [0.05, 0.1) is 6.92 Å². The molecule has 0 rings (SSSR count). The quantitative estimate of drug-likeness (QED) is 0.137. The molecule has 0 saturated carbocycles. The van der Waals surface area contributed by atoms with Crippen LogP contribution in [0.4, 0.5) is 0 Å². The van der Waals surface area contributed by atoms with E-state index in [0.29, 0.717) is 0 Å². The SMILES string of the molecule is C=C([O][Al][O]P(=O)(O)O)C(C)=[OH+].OP(O)(O)=[OH+]. The number of allylic oxidation sites excluding steroid dienone is 1. The molecule has 0 aromatic carbocycles. The number of hydrogen-bond donors (Lipinski definition) is 5. The Morgan fingerprint density at radius 2 is 1.65 bits per heavy atom. The molecule has 10 nitrogen and oxygen atoms in total. The highest BCUT2D eigenvalue weighted by Crippen LogP contribution is 2.34. The Labute approximate surface area is 103 Å². The van der Waals surface area contributed by atoms with Crippen LogP contribution in [0.1, 0.15) is 6.92 Å². The lowest BCUT2D eigenvalue weighted by Crippen LogP contribution is -2.07. The van der Waals surface area contributed by atoms with E-state index in [9.17, 15) is 4.57 Å². The summed E-state index contributed by atoms with van der Waals surface area (Å²) in [5.41, 5.74) is 0. The molecule has 0 spiro atoms. The average molecular weight is 309 g/mol. The van der Waals surface area contributed by atoms with Gasteiger partial charge in [0, 0.05) is 0 Å². The van der Waals surface area contributed by atoms with E-state index in [2.05, 4.69) is 13.9 Å². The summed E-state index contributed by atoms with van der Waals surface area (Å²) in [6, 6.07) is 0. The standard InChI is InChI=1S/C4H6O2.Al.2H3O4P/c1-3(5)4(2)6;;2*1-5(2,3)4/h5H,1H2,2H3;;2*(H3,1,2,3,4)/q;+2;;. The molecule has 0 aromatic rings. The van der Waals surface area contributed by atoms with Crippen LogP contribution in [0.2, 0.25) is 0 Å². The fourth-order valence-corrected chi connectivity index (χ4v) is 1.13. The number of hydrogen-bond acceptors (Lipinski definition) is 3. The monoisotopic (exact) mass is 309 g/mol. The van der Waals surface area contributed by atoms with Gasteiger partial charge < -0.3 is 17.2 Å². The van der Waals surface area contributed by atoms with Gasteiger partial charge in [-0.3, -0.25) is 19.5 Å². The molecule has 0 unspecified atom stereocenters. The lowest BCUT2D eigenvalue weighted by Gasteiger charge is -2.04. The molecule has 99 valence electrons. The van der Waals surface area contributed by atoms with Gasteiger partial charge in [0.15, 0.2) is 5.76 Å². The minimum atomic E-state index is -4.47. The van der Waals surface area contributed by atoms with Gasteiger partial charge in [-0.2, -0.15) is 0 Å². The average Bonchev–Trinajstić information content (AvgIpc) is 1.97. The maximum Gasteiger partial charge on any atom is 0.783 e. The minimum Gasteiger partial charge on any atom is -0.620 e. The van der Waals surface area contributed by atoms with Crippen molar-refractivity contribution in [3.05, 3.63) is 12.3 Å². The molecule has 0 atom stereocenters. The van der Waals surface area contributed by atoms with Gasteiger partial charge in [-0.25, -0.2) is 9.13 Å². The van der Waals surface area contributed by atoms with E-state index in [-0.39, 0.29) is 11.5 Å². The van der Waals surface area contributed by atoms with Gasteiger partial charge in [-0.1, -0.05) is 6.58 Å². The Morgan fingerprint density at radius 1 is 1.29 bits per heavy atom. The van der Waals surface area contributed by atoms with Crippen molar-refractivity contribution < 1.29 is 45.8 Å². The Morgan fingerprint density at radius 3 is 1.88 bits per heavy atom. The van der Waals surface area contributed by atoms with Crippen LogP contribution in [0, 0.1) is 0 Å². The van der Waals surface area contributed by atoms with Gasteiger partial charge in [0.25, 0.3) is 0 Å². The van der Waals surface area contributed by atoms with E-state index in [1.54, 1.807) is 0 Å². The molecule has 0 aliphatic heterocycles. The Hall–Kier alpha value is -0.0375. The fourth-order valence-electron chi connectivity index (χ4n) is 0.221. The molecule has 13 heteroatoms. The maximum absolute atomic E-state index is 10.1. The van der Waals surface area contributed by atoms with Gasteiger partial charge in [0.1, 0.15) is 0 Å². The van der Waals surface area contributed by atoms with E-state index in [1.807, 2.05) is 0 Å². The first-order valence-electron chi connectivity index (χ1n) is 3.57.